The number of carbonyl (C=O) groups excluding carboxylic acids is 1. The second-order valence-corrected chi connectivity index (χ2v) is 5.93. The number of hydrogen-bond donors (Lipinski definition) is 2. The van der Waals surface area contributed by atoms with Crippen LogP contribution in [-0.2, 0) is 0 Å². The summed E-state index contributed by atoms with van der Waals surface area (Å²) in [7, 11) is 0. The van der Waals surface area contributed by atoms with Crippen molar-refractivity contribution in [2.24, 2.45) is 0 Å². The fraction of sp³-hybridized carbons (Fsp3) is 0.190. The Balaban J connectivity index is 1.89. The number of amides is 1. The molecule has 0 atom stereocenters. The predicted octanol–water partition coefficient (Wildman–Crippen LogP) is 4.61. The molecule has 0 saturated heterocycles. The summed E-state index contributed by atoms with van der Waals surface area (Å²) in [5, 5.41) is 6.16. The van der Waals surface area contributed by atoms with Gasteiger partial charge in [-0.05, 0) is 18.6 Å². The largest absolute Gasteiger partial charge is 0.370 e. The summed E-state index contributed by atoms with van der Waals surface area (Å²) in [5.41, 5.74) is 1.94. The molecule has 0 radical (unpaired) electrons. The number of nitrogens with zero attached hydrogens (tertiary/aromatic N) is 2. The molecule has 5 nitrogen and oxygen atoms in total. The van der Waals surface area contributed by atoms with Crippen LogP contribution in [-0.4, -0.2) is 22.4 Å². The maximum Gasteiger partial charge on any atom is 0.274 e. The first-order valence-electron chi connectivity index (χ1n) is 8.81. The lowest BCUT2D eigenvalue weighted by molar-refractivity contribution is 0.102. The number of hydrogen-bond acceptors (Lipinski definition) is 4. The van der Waals surface area contributed by atoms with Crippen molar-refractivity contribution in [2.75, 3.05) is 17.2 Å². The topological polar surface area (TPSA) is 66.9 Å². The summed E-state index contributed by atoms with van der Waals surface area (Å²) in [5.74, 6) is 0.935. The molecule has 0 aliphatic carbocycles. The van der Waals surface area contributed by atoms with E-state index in [-0.39, 0.29) is 5.91 Å². The van der Waals surface area contributed by atoms with Crippen LogP contribution in [0.4, 0.5) is 11.5 Å². The van der Waals surface area contributed by atoms with Crippen LogP contribution in [0.5, 0.6) is 0 Å². The minimum absolute atomic E-state index is 0.255. The van der Waals surface area contributed by atoms with Crippen molar-refractivity contribution in [2.45, 2.75) is 19.8 Å². The molecule has 26 heavy (non-hydrogen) atoms. The lowest BCUT2D eigenvalue weighted by Crippen LogP contribution is -2.16. The van der Waals surface area contributed by atoms with Gasteiger partial charge in [-0.1, -0.05) is 61.9 Å². The van der Waals surface area contributed by atoms with Gasteiger partial charge in [0.2, 0.25) is 0 Å². The number of anilines is 2. The van der Waals surface area contributed by atoms with Gasteiger partial charge in [0, 0.05) is 23.9 Å². The first kappa shape index (κ1) is 17.6. The van der Waals surface area contributed by atoms with E-state index in [9.17, 15) is 4.79 Å². The highest BCUT2D eigenvalue weighted by atomic mass is 16.1. The average Bonchev–Trinajstić information content (AvgIpc) is 2.69. The molecule has 1 heterocycles. The molecule has 132 valence electrons. The molecule has 3 aromatic rings. The zero-order chi connectivity index (χ0) is 18.2. The number of unbranched alkanes of at least 4 members (excludes halogenated alkanes) is 1. The molecule has 0 bridgehead atoms. The Labute approximate surface area is 153 Å². The minimum atomic E-state index is -0.255. The van der Waals surface area contributed by atoms with Crippen LogP contribution in [0.15, 0.2) is 66.7 Å². The summed E-state index contributed by atoms with van der Waals surface area (Å²) in [6.45, 7) is 2.94. The molecule has 0 unspecified atom stereocenters. The van der Waals surface area contributed by atoms with Gasteiger partial charge in [-0.25, -0.2) is 9.97 Å². The lowest BCUT2D eigenvalue weighted by Gasteiger charge is -2.10. The van der Waals surface area contributed by atoms with E-state index in [0.29, 0.717) is 17.3 Å². The zero-order valence-electron chi connectivity index (χ0n) is 14.8. The van der Waals surface area contributed by atoms with Crippen LogP contribution in [0.1, 0.15) is 30.3 Å². The van der Waals surface area contributed by atoms with Gasteiger partial charge in [0.25, 0.3) is 5.91 Å². The van der Waals surface area contributed by atoms with Crippen molar-refractivity contribution in [3.05, 3.63) is 72.4 Å². The molecule has 0 aliphatic heterocycles. The lowest BCUT2D eigenvalue weighted by atomic mass is 10.2. The van der Waals surface area contributed by atoms with Crippen LogP contribution in [0.2, 0.25) is 0 Å². The highest BCUT2D eigenvalue weighted by Crippen LogP contribution is 2.19. The summed E-state index contributed by atoms with van der Waals surface area (Å²) in [6, 6.07) is 20.7. The van der Waals surface area contributed by atoms with E-state index in [4.69, 9.17) is 0 Å². The number of benzene rings is 2. The van der Waals surface area contributed by atoms with Crippen LogP contribution in [0, 0.1) is 0 Å². The third kappa shape index (κ3) is 4.66. The maximum absolute atomic E-state index is 12.7. The summed E-state index contributed by atoms with van der Waals surface area (Å²) >= 11 is 0. The van der Waals surface area contributed by atoms with Gasteiger partial charge in [-0.3, -0.25) is 4.79 Å². The molecule has 0 aliphatic rings. The van der Waals surface area contributed by atoms with E-state index in [1.807, 2.05) is 60.7 Å². The Bertz CT molecular complexity index is 850. The SMILES string of the molecule is CCCCNc1cc(C(=O)Nc2ccccc2)nc(-c2ccccc2)n1. The summed E-state index contributed by atoms with van der Waals surface area (Å²) in [4.78, 5) is 21.7. The zero-order valence-corrected chi connectivity index (χ0v) is 14.8. The van der Waals surface area contributed by atoms with Crippen molar-refractivity contribution in [3.63, 3.8) is 0 Å². The Morgan fingerprint density at radius 1 is 0.962 bits per heavy atom. The Morgan fingerprint density at radius 2 is 1.65 bits per heavy atom. The van der Waals surface area contributed by atoms with Crippen molar-refractivity contribution in [1.82, 2.24) is 9.97 Å². The number of rotatable bonds is 7. The molecule has 2 N–H and O–H groups in total. The molecular weight excluding hydrogens is 324 g/mol. The number of aromatic nitrogens is 2. The van der Waals surface area contributed by atoms with E-state index in [1.165, 1.54) is 0 Å². The van der Waals surface area contributed by atoms with Gasteiger partial charge in [0.15, 0.2) is 5.82 Å². The van der Waals surface area contributed by atoms with Crippen LogP contribution in [0.25, 0.3) is 11.4 Å². The van der Waals surface area contributed by atoms with Gasteiger partial charge < -0.3 is 10.6 Å². The van der Waals surface area contributed by atoms with Gasteiger partial charge >= 0.3 is 0 Å². The molecule has 0 spiro atoms. The molecular formula is C21H22N4O. The molecule has 1 aromatic heterocycles. The summed E-state index contributed by atoms with van der Waals surface area (Å²) in [6.07, 6.45) is 2.13. The fourth-order valence-corrected chi connectivity index (χ4v) is 2.48. The van der Waals surface area contributed by atoms with Crippen molar-refractivity contribution >= 4 is 17.4 Å². The van der Waals surface area contributed by atoms with Crippen molar-refractivity contribution < 1.29 is 4.79 Å². The smallest absolute Gasteiger partial charge is 0.274 e. The number of carbonyl (C=O) groups is 1. The van der Waals surface area contributed by atoms with E-state index >= 15 is 0 Å². The number of nitrogens with one attached hydrogen (secondary N) is 2. The first-order chi connectivity index (χ1) is 12.8. The molecule has 2 aromatic carbocycles. The third-order valence-corrected chi connectivity index (χ3v) is 3.86. The monoisotopic (exact) mass is 346 g/mol. The standard InChI is InChI=1S/C21H22N4O/c1-2-3-14-22-19-15-18(21(26)23-17-12-8-5-9-13-17)24-20(25-19)16-10-6-4-7-11-16/h4-13,15H,2-3,14H2,1H3,(H,23,26)(H,22,24,25). The van der Waals surface area contributed by atoms with Gasteiger partial charge in [0.1, 0.15) is 11.5 Å². The first-order valence-corrected chi connectivity index (χ1v) is 8.81. The van der Waals surface area contributed by atoms with Crippen LogP contribution in [0.3, 0.4) is 0 Å². The van der Waals surface area contributed by atoms with Gasteiger partial charge in [-0.2, -0.15) is 0 Å². The molecule has 0 fully saturated rings. The van der Waals surface area contributed by atoms with Crippen LogP contribution < -0.4 is 10.6 Å². The summed E-state index contributed by atoms with van der Waals surface area (Å²) < 4.78 is 0. The van der Waals surface area contributed by atoms with Crippen LogP contribution >= 0.6 is 0 Å². The molecule has 3 rings (SSSR count). The van der Waals surface area contributed by atoms with E-state index < -0.39 is 0 Å². The highest BCUT2D eigenvalue weighted by molar-refractivity contribution is 6.03. The minimum Gasteiger partial charge on any atom is -0.370 e. The molecule has 0 saturated carbocycles. The molecule has 1 amide bonds. The van der Waals surface area contributed by atoms with Gasteiger partial charge in [0.05, 0.1) is 0 Å². The molecule has 5 heteroatoms. The predicted molar refractivity (Wildman–Crippen MR) is 105 cm³/mol. The van der Waals surface area contributed by atoms with Crippen molar-refractivity contribution in [3.8, 4) is 11.4 Å². The second-order valence-electron chi connectivity index (χ2n) is 5.93. The second kappa shape index (κ2) is 8.76. The normalized spacial score (nSPS) is 10.3. The van der Waals surface area contributed by atoms with Gasteiger partial charge in [-0.15, -0.1) is 0 Å². The maximum atomic E-state index is 12.7. The average molecular weight is 346 g/mol. The number of para-hydroxylation sites is 1. The highest BCUT2D eigenvalue weighted by Gasteiger charge is 2.13. The van der Waals surface area contributed by atoms with E-state index in [1.54, 1.807) is 6.07 Å². The van der Waals surface area contributed by atoms with E-state index in [0.717, 1.165) is 30.6 Å². The quantitative estimate of drug-likeness (QED) is 0.613. The van der Waals surface area contributed by atoms with Crippen molar-refractivity contribution in [1.29, 1.82) is 0 Å². The third-order valence-electron chi connectivity index (χ3n) is 3.86. The Kier molecular flexibility index (Phi) is 5.93. The fourth-order valence-electron chi connectivity index (χ4n) is 2.48. The Hall–Kier alpha value is -3.21. The van der Waals surface area contributed by atoms with E-state index in [2.05, 4.69) is 27.5 Å². The Morgan fingerprint density at radius 3 is 2.35 bits per heavy atom.